The van der Waals surface area contributed by atoms with Crippen LogP contribution in [0.2, 0.25) is 0 Å². The second kappa shape index (κ2) is 7.09. The predicted molar refractivity (Wildman–Crippen MR) is 83.4 cm³/mol. The minimum absolute atomic E-state index is 0.0127. The molecule has 1 N–H and O–H groups in total. The lowest BCUT2D eigenvalue weighted by Crippen LogP contribution is -2.21. The van der Waals surface area contributed by atoms with Crippen molar-refractivity contribution in [1.29, 1.82) is 0 Å². The quantitative estimate of drug-likeness (QED) is 0.628. The van der Waals surface area contributed by atoms with Crippen molar-refractivity contribution in [3.05, 3.63) is 24.0 Å². The van der Waals surface area contributed by atoms with E-state index in [1.165, 1.54) is 6.07 Å². The van der Waals surface area contributed by atoms with E-state index in [-0.39, 0.29) is 34.5 Å². The largest absolute Gasteiger partial charge is 0.466 e. The van der Waals surface area contributed by atoms with Crippen molar-refractivity contribution in [3.63, 3.8) is 0 Å². The molecule has 7 nitrogen and oxygen atoms in total. The molecule has 1 heterocycles. The molecule has 1 aromatic carbocycles. The number of hydrogen-bond acceptors (Lipinski definition) is 7. The maximum Gasteiger partial charge on any atom is 0.313 e. The third-order valence-electron chi connectivity index (χ3n) is 2.68. The van der Waals surface area contributed by atoms with Crippen LogP contribution in [0.15, 0.2) is 27.5 Å². The van der Waals surface area contributed by atoms with Gasteiger partial charge in [0.1, 0.15) is 17.1 Å². The van der Waals surface area contributed by atoms with Gasteiger partial charge in [0, 0.05) is 0 Å². The van der Waals surface area contributed by atoms with Crippen LogP contribution in [0.4, 0.5) is 10.1 Å². The Morgan fingerprint density at radius 3 is 2.83 bits per heavy atom. The van der Waals surface area contributed by atoms with Gasteiger partial charge in [0.05, 0.1) is 18.0 Å². The van der Waals surface area contributed by atoms with Gasteiger partial charge in [0.2, 0.25) is 0 Å². The minimum Gasteiger partial charge on any atom is -0.466 e. The summed E-state index contributed by atoms with van der Waals surface area (Å²) in [5.41, 5.74) is 0.182. The number of thioether (sulfide) groups is 1. The average Bonchev–Trinajstić information content (AvgIpc) is 2.45. The van der Waals surface area contributed by atoms with E-state index >= 15 is 0 Å². The van der Waals surface area contributed by atoms with Crippen LogP contribution in [0, 0.1) is 5.82 Å². The monoisotopic (exact) mass is 360 g/mol. The number of carbonyl (C=O) groups excluding carboxylic acids is 2. The first-order valence-electron chi connectivity index (χ1n) is 6.53. The Labute approximate surface area is 136 Å². The third-order valence-corrected chi connectivity index (χ3v) is 5.05. The second-order valence-corrected chi connectivity index (χ2v) is 6.98. The number of carbonyl (C=O) groups is 2. The highest BCUT2D eigenvalue weighted by molar-refractivity contribution is 8.15. The van der Waals surface area contributed by atoms with Crippen LogP contribution in [0.25, 0.3) is 0 Å². The first kappa shape index (κ1) is 17.4. The molecule has 0 saturated heterocycles. The number of fused-ring (bicyclic) bond motifs is 1. The number of Topliss-reactive ketones (excluding diaryl/α,β-unsaturated/α-hetero) is 1. The fourth-order valence-corrected chi connectivity index (χ4v) is 3.85. The van der Waals surface area contributed by atoms with Crippen LogP contribution in [0.5, 0.6) is 0 Å². The lowest BCUT2D eigenvalue weighted by molar-refractivity contribution is -0.145. The zero-order chi connectivity index (χ0) is 17.0. The molecule has 0 amide bonds. The summed E-state index contributed by atoms with van der Waals surface area (Å²) in [7, 11) is -4.03. The van der Waals surface area contributed by atoms with E-state index in [9.17, 15) is 22.4 Å². The fraction of sp³-hybridized carbons (Fsp3) is 0.308. The number of halogens is 1. The molecule has 0 fully saturated rings. The molecule has 1 aliphatic heterocycles. The predicted octanol–water partition coefficient (Wildman–Crippen LogP) is 1.55. The molecule has 2 rings (SSSR count). The van der Waals surface area contributed by atoms with E-state index in [4.69, 9.17) is 0 Å². The molecule has 0 aromatic heterocycles. The number of ether oxygens (including phenoxy) is 1. The molecule has 0 saturated carbocycles. The van der Waals surface area contributed by atoms with Crippen molar-refractivity contribution in [3.8, 4) is 0 Å². The Balaban J connectivity index is 2.03. The van der Waals surface area contributed by atoms with Gasteiger partial charge in [-0.25, -0.2) is 4.39 Å². The van der Waals surface area contributed by atoms with Crippen molar-refractivity contribution in [2.24, 2.45) is 4.40 Å². The van der Waals surface area contributed by atoms with Crippen LogP contribution in [-0.2, 0) is 24.3 Å². The molecule has 23 heavy (non-hydrogen) atoms. The molecular weight excluding hydrogens is 347 g/mol. The SMILES string of the molecule is CCOC(=O)CC(=O)CSC1=NS(=O)(=O)c2cc(F)ccc2N1. The first-order valence-corrected chi connectivity index (χ1v) is 8.96. The Bertz CT molecular complexity index is 777. The average molecular weight is 360 g/mol. The molecule has 0 atom stereocenters. The maximum atomic E-state index is 13.1. The topological polar surface area (TPSA) is 102 Å². The molecule has 124 valence electrons. The number of benzene rings is 1. The maximum absolute atomic E-state index is 13.1. The van der Waals surface area contributed by atoms with Gasteiger partial charge in [-0.15, -0.1) is 4.40 Å². The second-order valence-electron chi connectivity index (χ2n) is 4.45. The van der Waals surface area contributed by atoms with E-state index in [1.54, 1.807) is 6.92 Å². The van der Waals surface area contributed by atoms with Crippen molar-refractivity contribution in [2.75, 3.05) is 17.7 Å². The van der Waals surface area contributed by atoms with E-state index in [1.807, 2.05) is 0 Å². The number of ketones is 1. The highest BCUT2D eigenvalue weighted by Crippen LogP contribution is 2.30. The summed E-state index contributed by atoms with van der Waals surface area (Å²) in [5, 5.41) is 2.70. The van der Waals surface area contributed by atoms with Crippen molar-refractivity contribution in [1.82, 2.24) is 0 Å². The first-order chi connectivity index (χ1) is 10.8. The van der Waals surface area contributed by atoms with Gasteiger partial charge in [-0.1, -0.05) is 11.8 Å². The van der Waals surface area contributed by atoms with Gasteiger partial charge < -0.3 is 10.1 Å². The standard InChI is InChI=1S/C13H13FN2O5S2/c1-2-21-12(18)6-9(17)7-22-13-15-10-4-3-8(14)5-11(10)23(19,20)16-13/h3-5H,2,6-7H2,1H3,(H,15,16). The highest BCUT2D eigenvalue weighted by Gasteiger charge is 2.26. The van der Waals surface area contributed by atoms with Gasteiger partial charge in [-0.2, -0.15) is 8.42 Å². The van der Waals surface area contributed by atoms with Crippen LogP contribution < -0.4 is 5.32 Å². The summed E-state index contributed by atoms with van der Waals surface area (Å²) in [5.74, 6) is -1.88. The Kier molecular flexibility index (Phi) is 5.37. The smallest absolute Gasteiger partial charge is 0.313 e. The summed E-state index contributed by atoms with van der Waals surface area (Å²) in [4.78, 5) is 22.5. The molecule has 0 spiro atoms. The van der Waals surface area contributed by atoms with Crippen LogP contribution in [-0.4, -0.2) is 37.7 Å². The molecule has 1 aliphatic rings. The summed E-state index contributed by atoms with van der Waals surface area (Å²) in [6.45, 7) is 1.81. The third kappa shape index (κ3) is 4.52. The number of nitrogens with one attached hydrogen (secondary N) is 1. The molecule has 0 radical (unpaired) electrons. The Hall–Kier alpha value is -1.94. The van der Waals surface area contributed by atoms with E-state index in [0.29, 0.717) is 0 Å². The molecule has 10 heteroatoms. The van der Waals surface area contributed by atoms with E-state index in [0.717, 1.165) is 23.9 Å². The van der Waals surface area contributed by atoms with Gasteiger partial charge in [-0.05, 0) is 25.1 Å². The number of hydrogen-bond donors (Lipinski definition) is 1. The van der Waals surface area contributed by atoms with E-state index < -0.39 is 27.6 Å². The highest BCUT2D eigenvalue weighted by atomic mass is 32.2. The molecule has 0 aliphatic carbocycles. The zero-order valence-electron chi connectivity index (χ0n) is 12.0. The Morgan fingerprint density at radius 2 is 2.13 bits per heavy atom. The summed E-state index contributed by atoms with van der Waals surface area (Å²) in [6.07, 6.45) is -0.386. The Morgan fingerprint density at radius 1 is 1.39 bits per heavy atom. The fourth-order valence-electron chi connectivity index (χ4n) is 1.74. The number of amidine groups is 1. The summed E-state index contributed by atoms with van der Waals surface area (Å²) in [6, 6.07) is 3.26. The van der Waals surface area contributed by atoms with E-state index in [2.05, 4.69) is 14.5 Å². The van der Waals surface area contributed by atoms with Crippen molar-refractivity contribution < 1.29 is 27.1 Å². The summed E-state index contributed by atoms with van der Waals surface area (Å²) >= 11 is 0.844. The number of esters is 1. The lowest BCUT2D eigenvalue weighted by Gasteiger charge is -2.17. The van der Waals surface area contributed by atoms with Gasteiger partial charge >= 0.3 is 5.97 Å². The van der Waals surface area contributed by atoms with Gasteiger partial charge in [0.25, 0.3) is 10.0 Å². The van der Waals surface area contributed by atoms with Crippen molar-refractivity contribution >= 4 is 44.4 Å². The van der Waals surface area contributed by atoms with Crippen LogP contribution in [0.3, 0.4) is 0 Å². The normalized spacial score (nSPS) is 15.1. The molecule has 1 aromatic rings. The number of nitrogens with zero attached hydrogens (tertiary/aromatic N) is 1. The molecule has 0 bridgehead atoms. The number of anilines is 1. The molecule has 0 unspecified atom stereocenters. The molecular formula is C13H13FN2O5S2. The number of sulfonamides is 1. The van der Waals surface area contributed by atoms with Crippen molar-refractivity contribution in [2.45, 2.75) is 18.2 Å². The summed E-state index contributed by atoms with van der Waals surface area (Å²) < 4.78 is 45.2. The van der Waals surface area contributed by atoms with Gasteiger partial charge in [0.15, 0.2) is 11.0 Å². The lowest BCUT2D eigenvalue weighted by atomic mass is 10.3. The minimum atomic E-state index is -4.03. The van der Waals surface area contributed by atoms with Crippen LogP contribution >= 0.6 is 11.8 Å². The van der Waals surface area contributed by atoms with Gasteiger partial charge in [-0.3, -0.25) is 9.59 Å². The number of rotatable bonds is 5. The zero-order valence-corrected chi connectivity index (χ0v) is 13.7. The van der Waals surface area contributed by atoms with Crippen LogP contribution in [0.1, 0.15) is 13.3 Å².